The molecule has 0 aliphatic carbocycles. The summed E-state index contributed by atoms with van der Waals surface area (Å²) < 4.78 is 4.99. The smallest absolute Gasteiger partial charge is 0.311 e. The quantitative estimate of drug-likeness (QED) is 0.253. The average Bonchev–Trinajstić information content (AvgIpc) is 2.88. The fourth-order valence-corrected chi connectivity index (χ4v) is 3.73. The van der Waals surface area contributed by atoms with E-state index in [1.165, 1.54) is 25.5 Å². The van der Waals surface area contributed by atoms with E-state index >= 15 is 0 Å². The highest BCUT2D eigenvalue weighted by atomic mass is 16.6. The molecule has 0 heterocycles. The fraction of sp³-hybridized carbons (Fsp3) is 0.222. The normalized spacial score (nSPS) is 11.9. The van der Waals surface area contributed by atoms with Crippen LogP contribution in [0.1, 0.15) is 36.5 Å². The summed E-state index contributed by atoms with van der Waals surface area (Å²) in [5.41, 5.74) is 4.23. The summed E-state index contributed by atoms with van der Waals surface area (Å²) >= 11 is 0. The van der Waals surface area contributed by atoms with Gasteiger partial charge in [-0.3, -0.25) is 19.7 Å². The van der Waals surface area contributed by atoms with Crippen molar-refractivity contribution in [2.75, 3.05) is 7.11 Å². The van der Waals surface area contributed by atoms with Crippen LogP contribution in [-0.4, -0.2) is 36.1 Å². The summed E-state index contributed by atoms with van der Waals surface area (Å²) in [6.45, 7) is 3.64. The highest BCUT2D eigenvalue weighted by Crippen LogP contribution is 2.27. The number of rotatable bonds is 10. The van der Waals surface area contributed by atoms with Crippen molar-refractivity contribution in [1.82, 2.24) is 10.7 Å². The fourth-order valence-electron chi connectivity index (χ4n) is 3.73. The molecule has 186 valence electrons. The predicted octanol–water partition coefficient (Wildman–Crippen LogP) is 4.03. The molecule has 0 bridgehead atoms. The molecule has 3 aromatic rings. The molecule has 36 heavy (non-hydrogen) atoms. The highest BCUT2D eigenvalue weighted by Gasteiger charge is 2.29. The summed E-state index contributed by atoms with van der Waals surface area (Å²) in [5, 5.41) is 18.0. The maximum absolute atomic E-state index is 13.4. The van der Waals surface area contributed by atoms with Gasteiger partial charge in [0.1, 0.15) is 6.04 Å². The maximum Gasteiger partial charge on any atom is 0.311 e. The van der Waals surface area contributed by atoms with Gasteiger partial charge in [0.2, 0.25) is 5.91 Å². The van der Waals surface area contributed by atoms with E-state index in [1.807, 2.05) is 74.5 Å². The van der Waals surface area contributed by atoms with E-state index in [0.29, 0.717) is 5.56 Å². The average molecular weight is 489 g/mol. The van der Waals surface area contributed by atoms with Gasteiger partial charge in [-0.15, -0.1) is 0 Å². The van der Waals surface area contributed by atoms with Crippen LogP contribution in [0.4, 0.5) is 5.69 Å². The molecular formula is C27H28N4O5. The second-order valence-corrected chi connectivity index (χ2v) is 8.41. The summed E-state index contributed by atoms with van der Waals surface area (Å²) in [7, 11) is 1.34. The van der Waals surface area contributed by atoms with E-state index in [4.69, 9.17) is 4.74 Å². The Morgan fingerprint density at radius 1 is 0.944 bits per heavy atom. The predicted molar refractivity (Wildman–Crippen MR) is 137 cm³/mol. The van der Waals surface area contributed by atoms with Gasteiger partial charge in [-0.1, -0.05) is 74.5 Å². The zero-order valence-electron chi connectivity index (χ0n) is 20.3. The van der Waals surface area contributed by atoms with Crippen LogP contribution in [0.2, 0.25) is 0 Å². The van der Waals surface area contributed by atoms with E-state index in [0.717, 1.165) is 11.1 Å². The highest BCUT2D eigenvalue weighted by molar-refractivity contribution is 5.93. The largest absolute Gasteiger partial charge is 0.490 e. The lowest BCUT2D eigenvalue weighted by molar-refractivity contribution is -0.385. The minimum Gasteiger partial charge on any atom is -0.490 e. The number of nitro benzene ring substituents is 1. The lowest BCUT2D eigenvalue weighted by atomic mass is 9.89. The van der Waals surface area contributed by atoms with Crippen LogP contribution in [0.5, 0.6) is 5.75 Å². The van der Waals surface area contributed by atoms with Crippen LogP contribution in [-0.2, 0) is 9.59 Å². The topological polar surface area (TPSA) is 123 Å². The third-order valence-electron chi connectivity index (χ3n) is 5.56. The van der Waals surface area contributed by atoms with E-state index in [9.17, 15) is 19.7 Å². The number of amides is 2. The molecule has 0 spiro atoms. The molecule has 0 aromatic heterocycles. The number of hydrogen-bond donors (Lipinski definition) is 2. The maximum atomic E-state index is 13.4. The minimum atomic E-state index is -0.852. The third kappa shape index (κ3) is 6.53. The van der Waals surface area contributed by atoms with Crippen molar-refractivity contribution in [2.45, 2.75) is 25.8 Å². The van der Waals surface area contributed by atoms with Crippen molar-refractivity contribution in [3.8, 4) is 5.75 Å². The van der Waals surface area contributed by atoms with E-state index < -0.39 is 22.8 Å². The number of methoxy groups -OCH3 is 1. The Morgan fingerprint density at radius 2 is 1.53 bits per heavy atom. The molecule has 0 unspecified atom stereocenters. The zero-order valence-corrected chi connectivity index (χ0v) is 20.3. The number of nitro groups is 1. The van der Waals surface area contributed by atoms with E-state index in [1.54, 1.807) is 6.07 Å². The molecule has 0 saturated carbocycles. The van der Waals surface area contributed by atoms with Gasteiger partial charge in [0, 0.05) is 11.6 Å². The Morgan fingerprint density at radius 3 is 2.03 bits per heavy atom. The van der Waals surface area contributed by atoms with Gasteiger partial charge in [0.15, 0.2) is 5.75 Å². The van der Waals surface area contributed by atoms with Crippen LogP contribution >= 0.6 is 0 Å². The van der Waals surface area contributed by atoms with Gasteiger partial charge in [-0.05, 0) is 29.2 Å². The second-order valence-electron chi connectivity index (χ2n) is 8.41. The lowest BCUT2D eigenvalue weighted by Gasteiger charge is -2.24. The molecular weight excluding hydrogens is 460 g/mol. The molecule has 2 amide bonds. The Hall–Kier alpha value is -4.53. The molecule has 0 radical (unpaired) electrons. The SMILES string of the molecule is COc1ccc(/C=N\NC(=O)[C@@H](NC(=O)C(c2ccccc2)c2ccccc2)C(C)C)cc1[N+](=O)[O-]. The molecule has 0 fully saturated rings. The Balaban J connectivity index is 1.75. The van der Waals surface area contributed by atoms with Gasteiger partial charge >= 0.3 is 5.69 Å². The molecule has 1 atom stereocenters. The second kappa shape index (κ2) is 12.3. The first-order chi connectivity index (χ1) is 17.3. The van der Waals surface area contributed by atoms with Crippen LogP contribution in [0, 0.1) is 16.0 Å². The monoisotopic (exact) mass is 488 g/mol. The van der Waals surface area contributed by atoms with Gasteiger partial charge in [-0.25, -0.2) is 5.43 Å². The number of carbonyl (C=O) groups excluding carboxylic acids is 2. The summed E-state index contributed by atoms with van der Waals surface area (Å²) in [6.07, 6.45) is 1.29. The number of ether oxygens (including phenoxy) is 1. The lowest BCUT2D eigenvalue weighted by Crippen LogP contribution is -2.50. The van der Waals surface area contributed by atoms with Crippen molar-refractivity contribution >= 4 is 23.7 Å². The first-order valence-corrected chi connectivity index (χ1v) is 11.4. The number of hydrogen-bond acceptors (Lipinski definition) is 6. The van der Waals surface area contributed by atoms with Crippen LogP contribution in [0.25, 0.3) is 0 Å². The number of carbonyl (C=O) groups is 2. The van der Waals surface area contributed by atoms with Crippen molar-refractivity contribution in [3.05, 3.63) is 106 Å². The van der Waals surface area contributed by atoms with E-state index in [-0.39, 0.29) is 23.3 Å². The third-order valence-corrected chi connectivity index (χ3v) is 5.56. The van der Waals surface area contributed by atoms with E-state index in [2.05, 4.69) is 15.8 Å². The van der Waals surface area contributed by atoms with Gasteiger partial charge in [0.25, 0.3) is 5.91 Å². The van der Waals surface area contributed by atoms with Gasteiger partial charge in [-0.2, -0.15) is 5.10 Å². The van der Waals surface area contributed by atoms with Crippen molar-refractivity contribution in [3.63, 3.8) is 0 Å². The van der Waals surface area contributed by atoms with Crippen molar-refractivity contribution < 1.29 is 19.2 Å². The first-order valence-electron chi connectivity index (χ1n) is 11.4. The van der Waals surface area contributed by atoms with Gasteiger partial charge < -0.3 is 10.1 Å². The first kappa shape index (κ1) is 26.1. The van der Waals surface area contributed by atoms with Gasteiger partial charge in [0.05, 0.1) is 24.2 Å². The summed E-state index contributed by atoms with van der Waals surface area (Å²) in [6, 6.07) is 22.2. The number of nitrogens with zero attached hydrogens (tertiary/aromatic N) is 2. The number of nitrogens with one attached hydrogen (secondary N) is 2. The van der Waals surface area contributed by atoms with Crippen LogP contribution in [0.3, 0.4) is 0 Å². The molecule has 3 rings (SSSR count). The Labute approximate surface area is 209 Å². The van der Waals surface area contributed by atoms with Crippen LogP contribution < -0.4 is 15.5 Å². The van der Waals surface area contributed by atoms with Crippen molar-refractivity contribution in [2.24, 2.45) is 11.0 Å². The molecule has 9 heteroatoms. The zero-order chi connectivity index (χ0) is 26.1. The molecule has 0 aliphatic heterocycles. The minimum absolute atomic E-state index is 0.121. The Kier molecular flexibility index (Phi) is 8.88. The standard InChI is InChI=1S/C27H28N4O5/c1-18(2)25(27(33)30-28-17-19-14-15-23(36-3)22(16-19)31(34)35)29-26(32)24(20-10-6-4-7-11-20)21-12-8-5-9-13-21/h4-18,24-25H,1-3H3,(H,29,32)(H,30,33)/b28-17-/t25-/m0/s1. The van der Waals surface area contributed by atoms with Crippen molar-refractivity contribution in [1.29, 1.82) is 0 Å². The molecule has 0 saturated heterocycles. The molecule has 3 aromatic carbocycles. The van der Waals surface area contributed by atoms with Crippen LogP contribution in [0.15, 0.2) is 84.0 Å². The number of hydrazone groups is 1. The molecule has 9 nitrogen and oxygen atoms in total. The Bertz CT molecular complexity index is 1190. The summed E-state index contributed by atoms with van der Waals surface area (Å²) in [4.78, 5) is 37.0. The molecule has 0 aliphatic rings. The summed E-state index contributed by atoms with van der Waals surface area (Å²) in [5.74, 6) is -1.51. The number of benzene rings is 3. The molecule has 2 N–H and O–H groups in total.